The lowest BCUT2D eigenvalue weighted by atomic mass is 9.96. The fourth-order valence-electron chi connectivity index (χ4n) is 3.41. The second kappa shape index (κ2) is 6.39. The highest BCUT2D eigenvalue weighted by Crippen LogP contribution is 2.50. The number of hydrogen-bond donors (Lipinski definition) is 1. The zero-order chi connectivity index (χ0) is 19.2. The number of nitrogens with one attached hydrogen (secondary N) is 1. The van der Waals surface area contributed by atoms with Gasteiger partial charge in [0.1, 0.15) is 28.5 Å². The van der Waals surface area contributed by atoms with Crippen LogP contribution in [0.25, 0.3) is 0 Å². The van der Waals surface area contributed by atoms with Gasteiger partial charge in [0, 0.05) is 4.75 Å². The Hall–Kier alpha value is -2.42. The van der Waals surface area contributed by atoms with Gasteiger partial charge in [-0.25, -0.2) is 0 Å². The summed E-state index contributed by atoms with van der Waals surface area (Å²) in [5, 5.41) is 13.7. The number of carbonyl (C=O) groups is 3. The highest BCUT2D eigenvalue weighted by Gasteiger charge is 2.62. The number of ether oxygens (including phenoxy) is 2. The van der Waals surface area contributed by atoms with Crippen molar-refractivity contribution in [1.82, 2.24) is 10.2 Å². The summed E-state index contributed by atoms with van der Waals surface area (Å²) >= 11 is 1.33. The number of β-lactam (4-membered cyclic amide) rings is 1. The van der Waals surface area contributed by atoms with Gasteiger partial charge in [-0.05, 0) is 26.0 Å². The molecule has 1 N–H and O–H groups in total. The lowest BCUT2D eigenvalue weighted by Gasteiger charge is -2.45. The summed E-state index contributed by atoms with van der Waals surface area (Å²) in [5.74, 6) is -1.62. The molecule has 2 fully saturated rings. The molecule has 9 heteroatoms. The molecule has 0 aromatic heterocycles. The zero-order valence-corrected chi connectivity index (χ0v) is 15.6. The highest BCUT2D eigenvalue weighted by atomic mass is 32.2. The molecule has 1 aromatic rings. The smallest absolute Gasteiger partial charge is 0.259 e. The Morgan fingerprint density at radius 1 is 1.23 bits per heavy atom. The topological polar surface area (TPSA) is 108 Å². The molecule has 8 nitrogen and oxygen atoms in total. The normalized spacial score (nSPS) is 25.9. The molecular weight excluding hydrogens is 360 g/mol. The van der Waals surface area contributed by atoms with E-state index in [1.165, 1.54) is 30.9 Å². The molecule has 1 aromatic carbocycles. The molecule has 0 spiro atoms. The van der Waals surface area contributed by atoms with Gasteiger partial charge in [-0.3, -0.25) is 9.59 Å². The molecule has 2 saturated heterocycles. The summed E-state index contributed by atoms with van der Waals surface area (Å²) in [5.41, 5.74) is 0.183. The van der Waals surface area contributed by atoms with Gasteiger partial charge >= 0.3 is 0 Å². The van der Waals surface area contributed by atoms with Gasteiger partial charge in [0.25, 0.3) is 5.91 Å². The Bertz CT molecular complexity index is 758. The molecule has 0 bridgehead atoms. The van der Waals surface area contributed by atoms with E-state index < -0.39 is 40.0 Å². The van der Waals surface area contributed by atoms with Crippen LogP contribution >= 0.6 is 11.8 Å². The number of hydrogen-bond acceptors (Lipinski definition) is 7. The van der Waals surface area contributed by atoms with E-state index >= 15 is 0 Å². The predicted octanol–water partition coefficient (Wildman–Crippen LogP) is -0.386. The molecule has 3 rings (SSSR count). The van der Waals surface area contributed by atoms with E-state index in [1.54, 1.807) is 32.0 Å². The minimum Gasteiger partial charge on any atom is -0.548 e. The number of carbonyl (C=O) groups excluding carboxylic acids is 3. The van der Waals surface area contributed by atoms with Crippen LogP contribution in [0.5, 0.6) is 11.5 Å². The van der Waals surface area contributed by atoms with Gasteiger partial charge in [0.05, 0.1) is 26.2 Å². The molecule has 3 atom stereocenters. The fraction of sp³-hybridized carbons (Fsp3) is 0.471. The Kier molecular flexibility index (Phi) is 4.51. The molecule has 26 heavy (non-hydrogen) atoms. The number of carboxylic acids is 1. The number of thioether (sulfide) groups is 1. The number of methoxy groups -OCH3 is 2. The van der Waals surface area contributed by atoms with Crippen molar-refractivity contribution in [3.8, 4) is 11.5 Å². The van der Waals surface area contributed by atoms with Gasteiger partial charge in [-0.1, -0.05) is 6.07 Å². The largest absolute Gasteiger partial charge is 0.548 e. The summed E-state index contributed by atoms with van der Waals surface area (Å²) < 4.78 is 9.71. The van der Waals surface area contributed by atoms with E-state index in [4.69, 9.17) is 9.47 Å². The second-order valence-electron chi connectivity index (χ2n) is 6.57. The first-order chi connectivity index (χ1) is 12.2. The molecule has 2 amide bonds. The van der Waals surface area contributed by atoms with E-state index in [9.17, 15) is 19.5 Å². The first-order valence-corrected chi connectivity index (χ1v) is 8.83. The first kappa shape index (κ1) is 18.4. The maximum atomic E-state index is 12.7. The molecule has 0 radical (unpaired) electrons. The standard InChI is InChI=1S/C17H20N2O6S/c1-17(2)12(16(22)23)19-14(21)11(15(19)26-17)18-13(20)10-8(24-3)6-5-7-9(10)25-4/h5-7,11-12,15H,1-4H3,(H,18,20)(H,22,23)/p-1/t11-,12?,15-/m1/s1. The number of rotatable bonds is 5. The summed E-state index contributed by atoms with van der Waals surface area (Å²) in [6, 6.07) is 3.08. The molecule has 0 saturated carbocycles. The maximum Gasteiger partial charge on any atom is 0.259 e. The zero-order valence-electron chi connectivity index (χ0n) is 14.8. The van der Waals surface area contributed by atoms with E-state index in [1.807, 2.05) is 0 Å². The Morgan fingerprint density at radius 3 is 2.31 bits per heavy atom. The van der Waals surface area contributed by atoms with Gasteiger partial charge in [-0.2, -0.15) is 0 Å². The molecule has 2 heterocycles. The molecule has 0 aliphatic carbocycles. The number of fused-ring (bicyclic) bond motifs is 1. The maximum absolute atomic E-state index is 12.7. The van der Waals surface area contributed by atoms with Crippen LogP contribution in [-0.2, 0) is 9.59 Å². The summed E-state index contributed by atoms with van der Waals surface area (Å²) in [7, 11) is 2.86. The van der Waals surface area contributed by atoms with Crippen molar-refractivity contribution >= 4 is 29.5 Å². The fourth-order valence-corrected chi connectivity index (χ4v) is 5.04. The van der Waals surface area contributed by atoms with E-state index in [2.05, 4.69) is 5.32 Å². The van der Waals surface area contributed by atoms with Crippen molar-refractivity contribution in [1.29, 1.82) is 0 Å². The number of amides is 2. The van der Waals surface area contributed by atoms with Crippen molar-refractivity contribution in [2.75, 3.05) is 14.2 Å². The average molecular weight is 379 g/mol. The van der Waals surface area contributed by atoms with Crippen LogP contribution in [-0.4, -0.2) is 59.1 Å². The number of nitrogens with zero attached hydrogens (tertiary/aromatic N) is 1. The lowest BCUT2D eigenvalue weighted by molar-refractivity contribution is -0.312. The molecule has 140 valence electrons. The van der Waals surface area contributed by atoms with Crippen molar-refractivity contribution < 1.29 is 29.0 Å². The van der Waals surface area contributed by atoms with Crippen LogP contribution in [0.1, 0.15) is 24.2 Å². The van der Waals surface area contributed by atoms with Gasteiger partial charge < -0.3 is 29.6 Å². The van der Waals surface area contributed by atoms with Gasteiger partial charge in [0.2, 0.25) is 5.91 Å². The highest BCUT2D eigenvalue weighted by molar-refractivity contribution is 8.01. The Balaban J connectivity index is 1.83. The number of benzene rings is 1. The van der Waals surface area contributed by atoms with Crippen molar-refractivity contribution in [3.63, 3.8) is 0 Å². The van der Waals surface area contributed by atoms with Crippen molar-refractivity contribution in [2.24, 2.45) is 0 Å². The summed E-state index contributed by atoms with van der Waals surface area (Å²) in [6.07, 6.45) is 0. The third-order valence-electron chi connectivity index (χ3n) is 4.61. The Morgan fingerprint density at radius 2 is 1.81 bits per heavy atom. The van der Waals surface area contributed by atoms with Crippen LogP contribution in [0.4, 0.5) is 0 Å². The van der Waals surface area contributed by atoms with Crippen molar-refractivity contribution in [3.05, 3.63) is 23.8 Å². The minimum atomic E-state index is -1.30. The monoisotopic (exact) mass is 379 g/mol. The Labute approximate surface area is 154 Å². The number of carboxylic acid groups (broad SMARTS) is 1. The van der Waals surface area contributed by atoms with Crippen LogP contribution in [0.3, 0.4) is 0 Å². The minimum absolute atomic E-state index is 0.183. The predicted molar refractivity (Wildman–Crippen MR) is 91.9 cm³/mol. The van der Waals surface area contributed by atoms with Crippen molar-refractivity contribution in [2.45, 2.75) is 36.1 Å². The first-order valence-electron chi connectivity index (χ1n) is 7.95. The lowest BCUT2D eigenvalue weighted by Crippen LogP contribution is -2.71. The molecular formula is C17H19N2O6S-. The van der Waals surface area contributed by atoms with Gasteiger partial charge in [0.15, 0.2) is 0 Å². The number of aliphatic carboxylic acids is 1. The molecule has 1 unspecified atom stereocenters. The quantitative estimate of drug-likeness (QED) is 0.695. The van der Waals surface area contributed by atoms with E-state index in [0.717, 1.165) is 0 Å². The third-order valence-corrected chi connectivity index (χ3v) is 6.18. The summed E-state index contributed by atoms with van der Waals surface area (Å²) in [4.78, 5) is 37.9. The van der Waals surface area contributed by atoms with Crippen LogP contribution in [0.15, 0.2) is 18.2 Å². The van der Waals surface area contributed by atoms with Crippen LogP contribution in [0.2, 0.25) is 0 Å². The second-order valence-corrected chi connectivity index (χ2v) is 8.34. The van der Waals surface area contributed by atoms with Crippen LogP contribution < -0.4 is 19.9 Å². The molecule has 2 aliphatic heterocycles. The van der Waals surface area contributed by atoms with E-state index in [0.29, 0.717) is 11.5 Å². The van der Waals surface area contributed by atoms with Gasteiger partial charge in [-0.15, -0.1) is 11.8 Å². The van der Waals surface area contributed by atoms with E-state index in [-0.39, 0.29) is 5.56 Å². The molecule has 2 aliphatic rings. The third kappa shape index (κ3) is 2.66. The SMILES string of the molecule is COc1cccc(OC)c1C(=O)N[C@@H]1C(=O)N2C(C(=O)[O-])C(C)(C)S[C@H]12. The average Bonchev–Trinajstić information content (AvgIpc) is 2.86. The van der Waals surface area contributed by atoms with Crippen LogP contribution in [0, 0.1) is 0 Å². The summed E-state index contributed by atoms with van der Waals surface area (Å²) in [6.45, 7) is 3.48.